The molecule has 0 amide bonds. The van der Waals surface area contributed by atoms with Crippen molar-refractivity contribution in [3.8, 4) is 0 Å². The maximum Gasteiger partial charge on any atom is 0.145 e. The molecule has 104 valence electrons. The minimum Gasteiger partial charge on any atom is -0.409 e. The van der Waals surface area contributed by atoms with Crippen LogP contribution in [0.1, 0.15) is 25.3 Å². The number of hydrogen-bond donors (Lipinski definition) is 2. The molecule has 1 aromatic rings. The van der Waals surface area contributed by atoms with Gasteiger partial charge in [-0.15, -0.1) is 0 Å². The van der Waals surface area contributed by atoms with Gasteiger partial charge in [-0.05, 0) is 43.6 Å². The topological polar surface area (TPSA) is 61.9 Å². The van der Waals surface area contributed by atoms with E-state index in [0.717, 1.165) is 38.0 Å². The summed E-state index contributed by atoms with van der Waals surface area (Å²) in [5, 5.41) is 11.9. The fraction of sp³-hybridized carbons (Fsp3) is 0.500. The van der Waals surface area contributed by atoms with E-state index in [-0.39, 0.29) is 11.2 Å². The van der Waals surface area contributed by atoms with Crippen LogP contribution >= 0.6 is 0 Å². The third-order valence-electron chi connectivity index (χ3n) is 3.98. The molecule has 4 nitrogen and oxygen atoms in total. The first-order chi connectivity index (χ1) is 9.03. The van der Waals surface area contributed by atoms with Crippen LogP contribution < -0.4 is 5.73 Å². The van der Waals surface area contributed by atoms with Crippen LogP contribution in [0.3, 0.4) is 0 Å². The summed E-state index contributed by atoms with van der Waals surface area (Å²) in [4.78, 5) is 2.27. The standard InChI is InChI=1S/C14H20FN3O/c1-14(13(16)17-19)5-7-18(8-6-14)10-11-3-2-4-12(15)9-11/h2-4,9,19H,5-8,10H2,1H3,(H2,16,17). The SMILES string of the molecule is CC1(/C(N)=N/O)CCN(Cc2cccc(F)c2)CC1. The molecule has 0 radical (unpaired) electrons. The molecule has 0 atom stereocenters. The van der Waals surface area contributed by atoms with E-state index in [4.69, 9.17) is 10.9 Å². The third kappa shape index (κ3) is 3.23. The lowest BCUT2D eigenvalue weighted by atomic mass is 9.79. The highest BCUT2D eigenvalue weighted by atomic mass is 19.1. The summed E-state index contributed by atoms with van der Waals surface area (Å²) in [6, 6.07) is 6.68. The van der Waals surface area contributed by atoms with E-state index < -0.39 is 0 Å². The molecule has 5 heteroatoms. The predicted molar refractivity (Wildman–Crippen MR) is 72.4 cm³/mol. The molecule has 1 fully saturated rings. The number of oxime groups is 1. The summed E-state index contributed by atoms with van der Waals surface area (Å²) >= 11 is 0. The number of hydrogen-bond acceptors (Lipinski definition) is 3. The van der Waals surface area contributed by atoms with Gasteiger partial charge in [-0.25, -0.2) is 4.39 Å². The van der Waals surface area contributed by atoms with E-state index in [1.807, 2.05) is 13.0 Å². The van der Waals surface area contributed by atoms with Gasteiger partial charge in [-0.1, -0.05) is 24.2 Å². The van der Waals surface area contributed by atoms with Crippen LogP contribution in [0.4, 0.5) is 4.39 Å². The summed E-state index contributed by atoms with van der Waals surface area (Å²) in [6.07, 6.45) is 1.69. The van der Waals surface area contributed by atoms with Gasteiger partial charge < -0.3 is 10.9 Å². The zero-order valence-electron chi connectivity index (χ0n) is 11.1. The number of benzene rings is 1. The molecule has 0 spiro atoms. The Morgan fingerprint density at radius 2 is 2.16 bits per heavy atom. The van der Waals surface area contributed by atoms with Gasteiger partial charge in [-0.3, -0.25) is 4.90 Å². The summed E-state index contributed by atoms with van der Waals surface area (Å²) in [5.41, 5.74) is 6.48. The highest BCUT2D eigenvalue weighted by molar-refractivity contribution is 5.85. The van der Waals surface area contributed by atoms with Crippen molar-refractivity contribution in [1.29, 1.82) is 0 Å². The zero-order chi connectivity index (χ0) is 13.9. The molecule has 1 saturated heterocycles. The van der Waals surface area contributed by atoms with Crippen LogP contribution in [0, 0.1) is 11.2 Å². The molecule has 19 heavy (non-hydrogen) atoms. The van der Waals surface area contributed by atoms with Crippen molar-refractivity contribution < 1.29 is 9.60 Å². The van der Waals surface area contributed by atoms with Crippen LogP contribution in [-0.4, -0.2) is 29.0 Å². The van der Waals surface area contributed by atoms with Crippen LogP contribution in [0.2, 0.25) is 0 Å². The molecule has 0 aliphatic carbocycles. The van der Waals surface area contributed by atoms with E-state index in [2.05, 4.69) is 10.1 Å². The summed E-state index contributed by atoms with van der Waals surface area (Å²) in [6.45, 7) is 4.48. The number of amidine groups is 1. The minimum absolute atomic E-state index is 0.198. The van der Waals surface area contributed by atoms with Crippen LogP contribution in [0.15, 0.2) is 29.4 Å². The van der Waals surface area contributed by atoms with Crippen LogP contribution in [-0.2, 0) is 6.54 Å². The lowest BCUT2D eigenvalue weighted by molar-refractivity contribution is 0.153. The van der Waals surface area contributed by atoms with Gasteiger partial charge in [0.2, 0.25) is 0 Å². The van der Waals surface area contributed by atoms with Gasteiger partial charge in [0.25, 0.3) is 0 Å². The third-order valence-corrected chi connectivity index (χ3v) is 3.98. The smallest absolute Gasteiger partial charge is 0.145 e. The highest BCUT2D eigenvalue weighted by Crippen LogP contribution is 2.31. The largest absolute Gasteiger partial charge is 0.409 e. The van der Waals surface area contributed by atoms with Crippen molar-refractivity contribution in [3.05, 3.63) is 35.6 Å². The fourth-order valence-electron chi connectivity index (χ4n) is 2.48. The predicted octanol–water partition coefficient (Wildman–Crippen LogP) is 2.17. The number of rotatable bonds is 3. The molecule has 3 N–H and O–H groups in total. The van der Waals surface area contributed by atoms with Crippen LogP contribution in [0.25, 0.3) is 0 Å². The summed E-state index contributed by atoms with van der Waals surface area (Å²) in [5.74, 6) is 0.105. The number of piperidine rings is 1. The highest BCUT2D eigenvalue weighted by Gasteiger charge is 2.34. The van der Waals surface area contributed by atoms with Crippen LogP contribution in [0.5, 0.6) is 0 Å². The average molecular weight is 265 g/mol. The van der Waals surface area contributed by atoms with E-state index in [0.29, 0.717) is 5.84 Å². The van der Waals surface area contributed by atoms with Crippen molar-refractivity contribution in [3.63, 3.8) is 0 Å². The lowest BCUT2D eigenvalue weighted by Crippen LogP contribution is -2.45. The number of likely N-dealkylation sites (tertiary alicyclic amines) is 1. The second-order valence-corrected chi connectivity index (χ2v) is 5.45. The first-order valence-electron chi connectivity index (χ1n) is 6.48. The van der Waals surface area contributed by atoms with Crippen molar-refractivity contribution in [2.75, 3.05) is 13.1 Å². The number of nitrogens with two attached hydrogens (primary N) is 1. The zero-order valence-corrected chi connectivity index (χ0v) is 11.1. The Hall–Kier alpha value is -1.62. The molecule has 1 aromatic carbocycles. The molecule has 0 bridgehead atoms. The van der Waals surface area contributed by atoms with E-state index in [9.17, 15) is 4.39 Å². The Morgan fingerprint density at radius 1 is 1.47 bits per heavy atom. The lowest BCUT2D eigenvalue weighted by Gasteiger charge is -2.38. The van der Waals surface area contributed by atoms with E-state index in [1.54, 1.807) is 12.1 Å². The fourth-order valence-corrected chi connectivity index (χ4v) is 2.48. The van der Waals surface area contributed by atoms with Gasteiger partial charge in [0.1, 0.15) is 11.7 Å². The molecule has 0 unspecified atom stereocenters. The van der Waals surface area contributed by atoms with Gasteiger partial charge in [0, 0.05) is 12.0 Å². The normalized spacial score (nSPS) is 20.4. The minimum atomic E-state index is -0.229. The number of nitrogens with zero attached hydrogens (tertiary/aromatic N) is 2. The first-order valence-corrected chi connectivity index (χ1v) is 6.48. The van der Waals surface area contributed by atoms with Gasteiger partial charge in [0.05, 0.1) is 0 Å². The maximum absolute atomic E-state index is 13.1. The molecule has 2 rings (SSSR count). The molecule has 1 aliphatic rings. The second kappa shape index (κ2) is 5.57. The number of halogens is 1. The quantitative estimate of drug-likeness (QED) is 0.381. The molecular formula is C14H20FN3O. The molecule has 1 heterocycles. The van der Waals surface area contributed by atoms with E-state index >= 15 is 0 Å². The maximum atomic E-state index is 13.1. The molecule has 0 saturated carbocycles. The van der Waals surface area contributed by atoms with Gasteiger partial charge >= 0.3 is 0 Å². The Bertz CT molecular complexity index is 468. The monoisotopic (exact) mass is 265 g/mol. The first kappa shape index (κ1) is 13.8. The molecule has 0 aromatic heterocycles. The Morgan fingerprint density at radius 3 is 2.74 bits per heavy atom. The Labute approximate surface area is 112 Å². The van der Waals surface area contributed by atoms with E-state index in [1.165, 1.54) is 6.07 Å². The molecule has 1 aliphatic heterocycles. The van der Waals surface area contributed by atoms with Crippen molar-refractivity contribution in [2.45, 2.75) is 26.3 Å². The summed E-state index contributed by atoms with van der Waals surface area (Å²) in [7, 11) is 0. The van der Waals surface area contributed by atoms with Crippen molar-refractivity contribution in [1.82, 2.24) is 4.90 Å². The average Bonchev–Trinajstić information content (AvgIpc) is 2.41. The van der Waals surface area contributed by atoms with Gasteiger partial charge in [0.15, 0.2) is 0 Å². The second-order valence-electron chi connectivity index (χ2n) is 5.45. The van der Waals surface area contributed by atoms with Crippen molar-refractivity contribution >= 4 is 5.84 Å². The Kier molecular flexibility index (Phi) is 4.04. The summed E-state index contributed by atoms with van der Waals surface area (Å²) < 4.78 is 13.1. The Balaban J connectivity index is 1.94. The van der Waals surface area contributed by atoms with Gasteiger partial charge in [-0.2, -0.15) is 0 Å². The van der Waals surface area contributed by atoms with Crippen molar-refractivity contribution in [2.24, 2.45) is 16.3 Å². The molecular weight excluding hydrogens is 245 g/mol.